The summed E-state index contributed by atoms with van der Waals surface area (Å²) in [4.78, 5) is 0.911. The molecule has 1 heterocycles. The van der Waals surface area contributed by atoms with Crippen molar-refractivity contribution in [1.29, 1.82) is 5.26 Å². The Hall–Kier alpha value is -1.46. The fourth-order valence-electron chi connectivity index (χ4n) is 1.68. The first-order valence-electron chi connectivity index (χ1n) is 6.43. The molecule has 0 saturated heterocycles. The molecule has 0 amide bonds. The Kier molecular flexibility index (Phi) is 6.14. The normalized spacial score (nSPS) is 10.5. The van der Waals surface area contributed by atoms with Crippen molar-refractivity contribution in [2.24, 2.45) is 0 Å². The van der Waals surface area contributed by atoms with Crippen LogP contribution in [0.2, 0.25) is 0 Å². The number of hydrogen-bond acceptors (Lipinski definition) is 7. The Morgan fingerprint density at radius 2 is 2.29 bits per heavy atom. The summed E-state index contributed by atoms with van der Waals surface area (Å²) in [5.74, 6) is 0. The predicted molar refractivity (Wildman–Crippen MR) is 83.5 cm³/mol. The van der Waals surface area contributed by atoms with Gasteiger partial charge in [-0.05, 0) is 24.6 Å². The van der Waals surface area contributed by atoms with Gasteiger partial charge in [-0.2, -0.15) is 5.26 Å². The molecule has 1 aromatic heterocycles. The van der Waals surface area contributed by atoms with Gasteiger partial charge in [-0.15, -0.1) is 10.2 Å². The fraction of sp³-hybridized carbons (Fsp3) is 0.357. The molecule has 2 rings (SSSR count). The van der Waals surface area contributed by atoms with Crippen LogP contribution < -0.4 is 5.32 Å². The molecular formula is C14H16N4OS2. The number of ether oxygens (including phenoxy) is 1. The van der Waals surface area contributed by atoms with Crippen LogP contribution >= 0.6 is 23.1 Å². The number of aromatic nitrogens is 2. The van der Waals surface area contributed by atoms with Gasteiger partial charge in [0, 0.05) is 25.1 Å². The van der Waals surface area contributed by atoms with Crippen LogP contribution in [0.3, 0.4) is 0 Å². The van der Waals surface area contributed by atoms with Gasteiger partial charge in [0.05, 0.1) is 12.2 Å². The van der Waals surface area contributed by atoms with Crippen molar-refractivity contribution < 1.29 is 4.74 Å². The average molecular weight is 320 g/mol. The topological polar surface area (TPSA) is 70.8 Å². The lowest BCUT2D eigenvalue weighted by Gasteiger charge is -2.07. The summed E-state index contributed by atoms with van der Waals surface area (Å²) in [6.45, 7) is 4.11. The highest BCUT2D eigenvalue weighted by molar-refractivity contribution is 8.01. The van der Waals surface area contributed by atoms with Gasteiger partial charge in [-0.1, -0.05) is 29.2 Å². The molecule has 0 radical (unpaired) electrons. The fourth-order valence-corrected chi connectivity index (χ4v) is 3.52. The van der Waals surface area contributed by atoms with Crippen molar-refractivity contribution >= 4 is 23.1 Å². The lowest BCUT2D eigenvalue weighted by molar-refractivity contribution is 0.199. The molecule has 0 aliphatic rings. The zero-order chi connectivity index (χ0) is 15.1. The van der Waals surface area contributed by atoms with Gasteiger partial charge in [0.25, 0.3) is 0 Å². The van der Waals surface area contributed by atoms with Crippen LogP contribution in [0, 0.1) is 18.3 Å². The smallest absolute Gasteiger partial charge is 0.179 e. The summed E-state index contributed by atoms with van der Waals surface area (Å²) in [6, 6.07) is 8.15. The summed E-state index contributed by atoms with van der Waals surface area (Å²) in [7, 11) is 1.68. The number of nitrogens with zero attached hydrogens (tertiary/aromatic N) is 3. The monoisotopic (exact) mass is 320 g/mol. The minimum atomic E-state index is 0.666. The first-order chi connectivity index (χ1) is 10.2. The molecule has 1 aromatic carbocycles. The first kappa shape index (κ1) is 15.9. The predicted octanol–water partition coefficient (Wildman–Crippen LogP) is 2.61. The van der Waals surface area contributed by atoms with Crippen LogP contribution in [0.25, 0.3) is 0 Å². The van der Waals surface area contributed by atoms with E-state index in [2.05, 4.69) is 21.6 Å². The van der Waals surface area contributed by atoms with Crippen molar-refractivity contribution in [1.82, 2.24) is 15.5 Å². The van der Waals surface area contributed by atoms with Gasteiger partial charge >= 0.3 is 0 Å². The second kappa shape index (κ2) is 8.10. The number of hydrogen-bond donors (Lipinski definition) is 1. The Bertz CT molecular complexity index is 636. The van der Waals surface area contributed by atoms with Gasteiger partial charge < -0.3 is 10.1 Å². The number of benzene rings is 1. The number of nitrogens with one attached hydrogen (secondary N) is 1. The van der Waals surface area contributed by atoms with E-state index in [0.29, 0.717) is 12.2 Å². The quantitative estimate of drug-likeness (QED) is 0.791. The molecule has 0 atom stereocenters. The van der Waals surface area contributed by atoms with E-state index in [9.17, 15) is 5.26 Å². The van der Waals surface area contributed by atoms with Crippen molar-refractivity contribution in [3.05, 3.63) is 34.3 Å². The number of aryl methyl sites for hydroxylation is 1. The van der Waals surface area contributed by atoms with Gasteiger partial charge in [0.2, 0.25) is 0 Å². The van der Waals surface area contributed by atoms with E-state index in [1.165, 1.54) is 23.1 Å². The van der Waals surface area contributed by atoms with E-state index in [1.807, 2.05) is 25.1 Å². The van der Waals surface area contributed by atoms with Crippen molar-refractivity contribution in [3.8, 4) is 6.07 Å². The maximum absolute atomic E-state index is 9.30. The third-order valence-corrected chi connectivity index (χ3v) is 4.65. The van der Waals surface area contributed by atoms with E-state index in [0.717, 1.165) is 32.9 Å². The Morgan fingerprint density at radius 3 is 2.95 bits per heavy atom. The van der Waals surface area contributed by atoms with Crippen LogP contribution in [0.4, 0.5) is 0 Å². The van der Waals surface area contributed by atoms with Crippen molar-refractivity contribution in [2.45, 2.75) is 22.7 Å². The molecule has 1 N–H and O–H groups in total. The summed E-state index contributed by atoms with van der Waals surface area (Å²) in [6.07, 6.45) is 0. The largest absolute Gasteiger partial charge is 0.383 e. The second-order valence-electron chi connectivity index (χ2n) is 4.30. The second-order valence-corrected chi connectivity index (χ2v) is 6.77. The molecule has 0 spiro atoms. The SMILES string of the molecule is COCCNCc1ccc(Sc2nnc(C)s2)c(C#N)c1. The highest BCUT2D eigenvalue weighted by Gasteiger charge is 2.09. The molecular weight excluding hydrogens is 304 g/mol. The zero-order valence-corrected chi connectivity index (χ0v) is 13.6. The highest BCUT2D eigenvalue weighted by Crippen LogP contribution is 2.32. The van der Waals surface area contributed by atoms with E-state index in [1.54, 1.807) is 7.11 Å². The molecule has 5 nitrogen and oxygen atoms in total. The van der Waals surface area contributed by atoms with Gasteiger partial charge in [0.1, 0.15) is 11.1 Å². The van der Waals surface area contributed by atoms with E-state index < -0.39 is 0 Å². The van der Waals surface area contributed by atoms with E-state index in [-0.39, 0.29) is 0 Å². The molecule has 0 fully saturated rings. The molecule has 110 valence electrons. The molecule has 0 aliphatic heterocycles. The van der Waals surface area contributed by atoms with Crippen molar-refractivity contribution in [2.75, 3.05) is 20.3 Å². The standard InChI is InChI=1S/C14H16N4OS2/c1-10-17-18-14(20-10)21-13-4-3-11(7-12(13)8-15)9-16-5-6-19-2/h3-4,7,16H,5-6,9H2,1-2H3. The lowest BCUT2D eigenvalue weighted by Crippen LogP contribution is -2.18. The number of rotatable bonds is 7. The Morgan fingerprint density at radius 1 is 1.43 bits per heavy atom. The minimum absolute atomic E-state index is 0.666. The van der Waals surface area contributed by atoms with Gasteiger partial charge in [-0.25, -0.2) is 0 Å². The summed E-state index contributed by atoms with van der Waals surface area (Å²) in [5, 5.41) is 21.6. The Balaban J connectivity index is 2.04. The first-order valence-corrected chi connectivity index (χ1v) is 8.07. The van der Waals surface area contributed by atoms with Crippen LogP contribution in [-0.4, -0.2) is 30.5 Å². The molecule has 0 aliphatic carbocycles. The molecule has 0 unspecified atom stereocenters. The van der Waals surface area contributed by atoms with Crippen LogP contribution in [0.5, 0.6) is 0 Å². The molecule has 21 heavy (non-hydrogen) atoms. The van der Waals surface area contributed by atoms with E-state index >= 15 is 0 Å². The van der Waals surface area contributed by atoms with Crippen LogP contribution in [0.15, 0.2) is 27.4 Å². The minimum Gasteiger partial charge on any atom is -0.383 e. The molecule has 2 aromatic rings. The maximum Gasteiger partial charge on any atom is 0.179 e. The third kappa shape index (κ3) is 4.79. The van der Waals surface area contributed by atoms with Crippen LogP contribution in [-0.2, 0) is 11.3 Å². The van der Waals surface area contributed by atoms with Crippen LogP contribution in [0.1, 0.15) is 16.1 Å². The molecule has 0 bridgehead atoms. The zero-order valence-electron chi connectivity index (χ0n) is 11.9. The maximum atomic E-state index is 9.30. The van der Waals surface area contributed by atoms with E-state index in [4.69, 9.17) is 4.74 Å². The number of methoxy groups -OCH3 is 1. The summed E-state index contributed by atoms with van der Waals surface area (Å²) < 4.78 is 5.84. The van der Waals surface area contributed by atoms with Gasteiger partial charge in [0.15, 0.2) is 4.34 Å². The summed E-state index contributed by atoms with van der Waals surface area (Å²) >= 11 is 3.01. The molecule has 7 heteroatoms. The van der Waals surface area contributed by atoms with Gasteiger partial charge in [-0.3, -0.25) is 0 Å². The van der Waals surface area contributed by atoms with Crippen molar-refractivity contribution in [3.63, 3.8) is 0 Å². The third-order valence-electron chi connectivity index (χ3n) is 2.68. The number of nitriles is 1. The summed E-state index contributed by atoms with van der Waals surface area (Å²) in [5.41, 5.74) is 1.75. The molecule has 0 saturated carbocycles. The highest BCUT2D eigenvalue weighted by atomic mass is 32.2. The lowest BCUT2D eigenvalue weighted by atomic mass is 10.1. The Labute approximate surface area is 132 Å². The average Bonchev–Trinajstić information content (AvgIpc) is 2.90.